The van der Waals surface area contributed by atoms with E-state index in [1.54, 1.807) is 12.3 Å². The van der Waals surface area contributed by atoms with Crippen molar-refractivity contribution in [2.45, 2.75) is 45.6 Å². The molecule has 1 unspecified atom stereocenters. The van der Waals surface area contributed by atoms with Gasteiger partial charge in [0.1, 0.15) is 11.5 Å². The first kappa shape index (κ1) is 23.1. The fourth-order valence-electron chi connectivity index (χ4n) is 4.07. The smallest absolute Gasteiger partial charge is 0.273 e. The number of hydrogen-bond acceptors (Lipinski definition) is 6. The first-order valence-electron chi connectivity index (χ1n) is 11.9. The lowest BCUT2D eigenvalue weighted by Gasteiger charge is -2.29. The molecule has 3 heterocycles. The summed E-state index contributed by atoms with van der Waals surface area (Å²) in [6.45, 7) is 7.36. The van der Waals surface area contributed by atoms with E-state index in [1.807, 2.05) is 36.4 Å². The van der Waals surface area contributed by atoms with E-state index >= 15 is 0 Å². The van der Waals surface area contributed by atoms with E-state index in [0.717, 1.165) is 30.2 Å². The summed E-state index contributed by atoms with van der Waals surface area (Å²) in [5.41, 5.74) is 1.11. The maximum Gasteiger partial charge on any atom is 0.273 e. The van der Waals surface area contributed by atoms with Crippen LogP contribution in [0, 0.1) is 5.92 Å². The second-order valence-corrected chi connectivity index (χ2v) is 9.00. The second kappa shape index (κ2) is 11.2. The standard InChI is InChI=1S/C26H33N3O4/c1-19(2)18-32-21-11-9-20(10-12-21)25-16-22(28-33-25)26(30)27-17-23(24-8-7-15-31-24)29-13-5-3-4-6-14-29/h7-12,15-16,19,23H,3-6,13-14,17-18H2,1-2H3,(H,27,30). The first-order chi connectivity index (χ1) is 16.1. The minimum atomic E-state index is -0.256. The van der Waals surface area contributed by atoms with Crippen LogP contribution in [0.5, 0.6) is 5.75 Å². The molecule has 0 bridgehead atoms. The molecule has 4 rings (SSSR count). The first-order valence-corrected chi connectivity index (χ1v) is 11.9. The van der Waals surface area contributed by atoms with Crippen LogP contribution in [0.3, 0.4) is 0 Å². The number of nitrogens with one attached hydrogen (secondary N) is 1. The molecule has 1 aromatic carbocycles. The molecule has 2 aromatic heterocycles. The molecule has 3 aromatic rings. The Labute approximate surface area is 195 Å². The van der Waals surface area contributed by atoms with Gasteiger partial charge in [0.25, 0.3) is 5.91 Å². The number of rotatable bonds is 9. The lowest BCUT2D eigenvalue weighted by atomic mass is 10.1. The molecular weight excluding hydrogens is 418 g/mol. The SMILES string of the molecule is CC(C)COc1ccc(-c2cc(C(=O)NCC(c3ccco3)N3CCCCCC3)no2)cc1. The molecule has 0 aliphatic carbocycles. The summed E-state index contributed by atoms with van der Waals surface area (Å²) in [7, 11) is 0. The van der Waals surface area contributed by atoms with Gasteiger partial charge in [-0.3, -0.25) is 9.69 Å². The highest BCUT2D eigenvalue weighted by molar-refractivity contribution is 5.93. The lowest BCUT2D eigenvalue weighted by molar-refractivity contribution is 0.0918. The van der Waals surface area contributed by atoms with Gasteiger partial charge in [0.2, 0.25) is 0 Å². The van der Waals surface area contributed by atoms with Crippen molar-refractivity contribution in [2.75, 3.05) is 26.2 Å². The molecule has 1 amide bonds. The third-order valence-electron chi connectivity index (χ3n) is 5.87. The number of likely N-dealkylation sites (tertiary alicyclic amines) is 1. The van der Waals surface area contributed by atoms with Crippen LogP contribution in [-0.4, -0.2) is 42.2 Å². The number of carbonyl (C=O) groups is 1. The van der Waals surface area contributed by atoms with Crippen molar-refractivity contribution in [3.05, 3.63) is 60.2 Å². The molecule has 1 aliphatic heterocycles. The van der Waals surface area contributed by atoms with Gasteiger partial charge in [-0.15, -0.1) is 0 Å². The van der Waals surface area contributed by atoms with E-state index in [0.29, 0.717) is 24.8 Å². The summed E-state index contributed by atoms with van der Waals surface area (Å²) < 4.78 is 16.9. The number of ether oxygens (including phenoxy) is 1. The van der Waals surface area contributed by atoms with Gasteiger partial charge in [-0.25, -0.2) is 0 Å². The Morgan fingerprint density at radius 1 is 1.12 bits per heavy atom. The highest BCUT2D eigenvalue weighted by Crippen LogP contribution is 2.26. The Kier molecular flexibility index (Phi) is 7.83. The Bertz CT molecular complexity index is 987. The third-order valence-corrected chi connectivity index (χ3v) is 5.87. The average Bonchev–Trinajstić information content (AvgIpc) is 3.46. The largest absolute Gasteiger partial charge is 0.493 e. The fraction of sp³-hybridized carbons (Fsp3) is 0.462. The zero-order valence-electron chi connectivity index (χ0n) is 19.5. The summed E-state index contributed by atoms with van der Waals surface area (Å²) in [5.74, 6) is 2.44. The molecule has 176 valence electrons. The van der Waals surface area contributed by atoms with Gasteiger partial charge < -0.3 is 19.0 Å². The summed E-state index contributed by atoms with van der Waals surface area (Å²) >= 11 is 0. The van der Waals surface area contributed by atoms with Gasteiger partial charge in [0.15, 0.2) is 11.5 Å². The third kappa shape index (κ3) is 6.26. The predicted molar refractivity (Wildman–Crippen MR) is 126 cm³/mol. The number of carbonyl (C=O) groups excluding carboxylic acids is 1. The second-order valence-electron chi connectivity index (χ2n) is 9.00. The van der Waals surface area contributed by atoms with Crippen LogP contribution in [0.4, 0.5) is 0 Å². The Morgan fingerprint density at radius 2 is 1.88 bits per heavy atom. The number of furan rings is 1. The number of nitrogens with zero attached hydrogens (tertiary/aromatic N) is 2. The molecule has 0 radical (unpaired) electrons. The average molecular weight is 452 g/mol. The minimum Gasteiger partial charge on any atom is -0.493 e. The van der Waals surface area contributed by atoms with Crippen molar-refractivity contribution < 1.29 is 18.5 Å². The highest BCUT2D eigenvalue weighted by atomic mass is 16.5. The maximum absolute atomic E-state index is 12.8. The molecule has 0 saturated carbocycles. The van der Waals surface area contributed by atoms with E-state index in [-0.39, 0.29) is 17.6 Å². The molecule has 1 atom stereocenters. The number of hydrogen-bond donors (Lipinski definition) is 1. The fourth-order valence-corrected chi connectivity index (χ4v) is 4.07. The predicted octanol–water partition coefficient (Wildman–Crippen LogP) is 5.32. The number of amides is 1. The van der Waals surface area contributed by atoms with Crippen LogP contribution >= 0.6 is 0 Å². The summed E-state index contributed by atoms with van der Waals surface area (Å²) in [4.78, 5) is 15.2. The molecule has 0 spiro atoms. The summed E-state index contributed by atoms with van der Waals surface area (Å²) in [6.07, 6.45) is 6.52. The zero-order chi connectivity index (χ0) is 23.0. The maximum atomic E-state index is 12.8. The van der Waals surface area contributed by atoms with Crippen molar-refractivity contribution in [1.82, 2.24) is 15.4 Å². The summed E-state index contributed by atoms with van der Waals surface area (Å²) in [6, 6.07) is 13.2. The Balaban J connectivity index is 1.38. The molecular formula is C26H33N3O4. The number of benzene rings is 1. The van der Waals surface area contributed by atoms with Crippen molar-refractivity contribution in [1.29, 1.82) is 0 Å². The van der Waals surface area contributed by atoms with E-state index < -0.39 is 0 Å². The minimum absolute atomic E-state index is 0.00630. The van der Waals surface area contributed by atoms with Crippen molar-refractivity contribution >= 4 is 5.91 Å². The lowest BCUT2D eigenvalue weighted by Crippen LogP contribution is -2.38. The molecule has 7 heteroatoms. The van der Waals surface area contributed by atoms with Crippen molar-refractivity contribution in [2.24, 2.45) is 5.92 Å². The Morgan fingerprint density at radius 3 is 2.55 bits per heavy atom. The molecule has 7 nitrogen and oxygen atoms in total. The van der Waals surface area contributed by atoms with Crippen LogP contribution < -0.4 is 10.1 Å². The van der Waals surface area contributed by atoms with E-state index in [9.17, 15) is 4.79 Å². The van der Waals surface area contributed by atoms with E-state index in [1.165, 1.54) is 25.7 Å². The topological polar surface area (TPSA) is 80.7 Å². The van der Waals surface area contributed by atoms with Crippen LogP contribution in [0.15, 0.2) is 57.7 Å². The molecule has 1 fully saturated rings. The van der Waals surface area contributed by atoms with Crippen LogP contribution in [-0.2, 0) is 0 Å². The van der Waals surface area contributed by atoms with E-state index in [2.05, 4.69) is 29.2 Å². The molecule has 1 aliphatic rings. The van der Waals surface area contributed by atoms with Gasteiger partial charge in [-0.1, -0.05) is 31.8 Å². The van der Waals surface area contributed by atoms with Crippen molar-refractivity contribution in [3.63, 3.8) is 0 Å². The van der Waals surface area contributed by atoms with Gasteiger partial charge in [0, 0.05) is 18.2 Å². The monoisotopic (exact) mass is 451 g/mol. The number of aromatic nitrogens is 1. The van der Waals surface area contributed by atoms with Gasteiger partial charge in [-0.05, 0) is 68.2 Å². The van der Waals surface area contributed by atoms with Crippen LogP contribution in [0.1, 0.15) is 61.8 Å². The molecule has 33 heavy (non-hydrogen) atoms. The normalized spacial score (nSPS) is 15.8. The van der Waals surface area contributed by atoms with Gasteiger partial charge in [0.05, 0.1) is 18.9 Å². The molecule has 1 N–H and O–H groups in total. The summed E-state index contributed by atoms with van der Waals surface area (Å²) in [5, 5.41) is 7.01. The Hall–Kier alpha value is -3.06. The quantitative estimate of drug-likeness (QED) is 0.474. The van der Waals surface area contributed by atoms with E-state index in [4.69, 9.17) is 13.7 Å². The van der Waals surface area contributed by atoms with Crippen LogP contribution in [0.25, 0.3) is 11.3 Å². The van der Waals surface area contributed by atoms with Gasteiger partial charge >= 0.3 is 0 Å². The van der Waals surface area contributed by atoms with Crippen LogP contribution in [0.2, 0.25) is 0 Å². The van der Waals surface area contributed by atoms with Gasteiger partial charge in [-0.2, -0.15) is 0 Å². The molecule has 1 saturated heterocycles. The van der Waals surface area contributed by atoms with Crippen molar-refractivity contribution in [3.8, 4) is 17.1 Å². The zero-order valence-corrected chi connectivity index (χ0v) is 19.5. The highest BCUT2D eigenvalue weighted by Gasteiger charge is 2.25.